The van der Waals surface area contributed by atoms with E-state index in [-0.39, 0.29) is 11.4 Å². The fourth-order valence-corrected chi connectivity index (χ4v) is 1.75. The molecule has 2 aromatic carbocycles. The van der Waals surface area contributed by atoms with E-state index in [0.29, 0.717) is 0 Å². The van der Waals surface area contributed by atoms with Crippen molar-refractivity contribution in [2.45, 2.75) is 0 Å². The highest BCUT2D eigenvalue weighted by Crippen LogP contribution is 2.28. The Balaban J connectivity index is 2.08. The fraction of sp³-hybridized carbons (Fsp3) is 0. The maximum Gasteiger partial charge on any atom is 0.301 e. The van der Waals surface area contributed by atoms with Gasteiger partial charge >= 0.3 is 5.69 Å². The van der Waals surface area contributed by atoms with E-state index < -0.39 is 15.5 Å². The first-order chi connectivity index (χ1) is 11.1. The van der Waals surface area contributed by atoms with Crippen LogP contribution in [0.25, 0.3) is 6.08 Å². The molecule has 116 valence electrons. The zero-order valence-electron chi connectivity index (χ0n) is 11.8. The minimum Gasteiger partial charge on any atom is -0.272 e. The third-order valence-corrected chi connectivity index (χ3v) is 2.82. The van der Waals surface area contributed by atoms with Crippen molar-refractivity contribution in [1.82, 2.24) is 0 Å². The molecule has 0 aromatic heterocycles. The Morgan fingerprint density at radius 3 is 2.39 bits per heavy atom. The summed E-state index contributed by atoms with van der Waals surface area (Å²) in [5, 5.41) is 25.4. The van der Waals surface area contributed by atoms with Crippen LogP contribution in [-0.4, -0.2) is 16.1 Å². The van der Waals surface area contributed by atoms with Gasteiger partial charge in [-0.05, 0) is 17.7 Å². The van der Waals surface area contributed by atoms with Crippen molar-refractivity contribution in [3.63, 3.8) is 0 Å². The molecule has 0 aliphatic carbocycles. The summed E-state index contributed by atoms with van der Waals surface area (Å²) in [5.41, 5.74) is 2.80. The average molecular weight is 312 g/mol. The van der Waals surface area contributed by atoms with Crippen LogP contribution in [0, 0.1) is 20.2 Å². The summed E-state index contributed by atoms with van der Waals surface area (Å²) in [4.78, 5) is 20.2. The van der Waals surface area contributed by atoms with Gasteiger partial charge in [0.2, 0.25) is 0 Å². The fourth-order valence-electron chi connectivity index (χ4n) is 1.75. The number of hydrazone groups is 1. The molecule has 0 atom stereocenters. The Hall–Kier alpha value is -3.55. The van der Waals surface area contributed by atoms with E-state index in [1.165, 1.54) is 18.3 Å². The molecule has 0 aliphatic rings. The molecule has 0 aliphatic heterocycles. The van der Waals surface area contributed by atoms with Crippen LogP contribution in [0.3, 0.4) is 0 Å². The van der Waals surface area contributed by atoms with Gasteiger partial charge in [0.05, 0.1) is 15.9 Å². The van der Waals surface area contributed by atoms with E-state index in [0.717, 1.165) is 11.6 Å². The number of nitro benzene ring substituents is 2. The van der Waals surface area contributed by atoms with Gasteiger partial charge < -0.3 is 0 Å². The number of nitrogens with one attached hydrogen (secondary N) is 1. The van der Waals surface area contributed by atoms with Gasteiger partial charge in [-0.3, -0.25) is 25.7 Å². The van der Waals surface area contributed by atoms with Gasteiger partial charge in [0.25, 0.3) is 5.69 Å². The van der Waals surface area contributed by atoms with E-state index in [2.05, 4.69) is 10.5 Å². The Morgan fingerprint density at radius 2 is 1.74 bits per heavy atom. The summed E-state index contributed by atoms with van der Waals surface area (Å²) in [5.74, 6) is 0. The maximum atomic E-state index is 10.9. The lowest BCUT2D eigenvalue weighted by molar-refractivity contribution is -0.393. The number of nitrogens with zero attached hydrogens (tertiary/aromatic N) is 3. The maximum absolute atomic E-state index is 10.9. The van der Waals surface area contributed by atoms with Gasteiger partial charge in [-0.25, -0.2) is 0 Å². The molecule has 0 heterocycles. The standard InChI is InChI=1S/C15H12N4O4/c20-18(21)13-8-9-14(15(11-13)19(22)23)17-16-10-4-7-12-5-2-1-3-6-12/h1-11,17H/b7-4+,16-10+. The molecule has 8 nitrogen and oxygen atoms in total. The van der Waals surface area contributed by atoms with Crippen molar-refractivity contribution < 1.29 is 9.85 Å². The first-order valence-corrected chi connectivity index (χ1v) is 6.51. The zero-order valence-corrected chi connectivity index (χ0v) is 11.8. The smallest absolute Gasteiger partial charge is 0.272 e. The quantitative estimate of drug-likeness (QED) is 0.497. The molecule has 0 spiro atoms. The molecule has 23 heavy (non-hydrogen) atoms. The normalized spacial score (nSPS) is 11.0. The van der Waals surface area contributed by atoms with Crippen molar-refractivity contribution in [3.05, 3.63) is 80.4 Å². The summed E-state index contributed by atoms with van der Waals surface area (Å²) in [7, 11) is 0. The number of allylic oxidation sites excluding steroid dienone is 1. The number of nitro groups is 2. The summed E-state index contributed by atoms with van der Waals surface area (Å²) < 4.78 is 0. The molecule has 0 unspecified atom stereocenters. The predicted molar refractivity (Wildman–Crippen MR) is 87.3 cm³/mol. The monoisotopic (exact) mass is 312 g/mol. The second-order valence-electron chi connectivity index (χ2n) is 4.38. The van der Waals surface area contributed by atoms with Crippen LogP contribution in [0.2, 0.25) is 0 Å². The number of rotatable bonds is 6. The molecule has 0 saturated carbocycles. The number of anilines is 1. The van der Waals surface area contributed by atoms with Crippen LogP contribution in [0.15, 0.2) is 59.7 Å². The van der Waals surface area contributed by atoms with Crippen molar-refractivity contribution in [2.75, 3.05) is 5.43 Å². The molecule has 0 bridgehead atoms. The van der Waals surface area contributed by atoms with E-state index in [1.807, 2.05) is 36.4 Å². The van der Waals surface area contributed by atoms with E-state index >= 15 is 0 Å². The summed E-state index contributed by atoms with van der Waals surface area (Å²) in [6.07, 6.45) is 4.91. The number of hydrogen-bond acceptors (Lipinski definition) is 6. The molecule has 0 radical (unpaired) electrons. The van der Waals surface area contributed by atoms with Gasteiger partial charge in [0.15, 0.2) is 0 Å². The summed E-state index contributed by atoms with van der Waals surface area (Å²) in [6.45, 7) is 0. The minimum atomic E-state index is -0.704. The van der Waals surface area contributed by atoms with Crippen LogP contribution in [-0.2, 0) is 0 Å². The Bertz CT molecular complexity index is 772. The van der Waals surface area contributed by atoms with E-state index in [1.54, 1.807) is 6.08 Å². The zero-order chi connectivity index (χ0) is 16.7. The van der Waals surface area contributed by atoms with Gasteiger partial charge in [-0.2, -0.15) is 5.10 Å². The van der Waals surface area contributed by atoms with Crippen LogP contribution in [0.5, 0.6) is 0 Å². The third kappa shape index (κ3) is 4.46. The minimum absolute atomic E-state index is 0.0740. The lowest BCUT2D eigenvalue weighted by Crippen LogP contribution is -1.98. The molecule has 8 heteroatoms. The SMILES string of the molecule is O=[N+]([O-])c1ccc(N/N=C/C=C/c2ccccc2)c([N+](=O)[O-])c1. The first kappa shape index (κ1) is 15.8. The summed E-state index contributed by atoms with van der Waals surface area (Å²) in [6, 6.07) is 12.8. The second kappa shape index (κ2) is 7.46. The number of benzene rings is 2. The second-order valence-corrected chi connectivity index (χ2v) is 4.38. The van der Waals surface area contributed by atoms with Crippen molar-refractivity contribution in [1.29, 1.82) is 0 Å². The topological polar surface area (TPSA) is 111 Å². The molecule has 2 rings (SSSR count). The molecule has 0 saturated heterocycles. The number of non-ortho nitro benzene ring substituents is 1. The largest absolute Gasteiger partial charge is 0.301 e. The van der Waals surface area contributed by atoms with Crippen molar-refractivity contribution in [2.24, 2.45) is 5.10 Å². The van der Waals surface area contributed by atoms with Gasteiger partial charge in [-0.15, -0.1) is 0 Å². The van der Waals surface area contributed by atoms with Crippen LogP contribution in [0.1, 0.15) is 5.56 Å². The molecular formula is C15H12N4O4. The van der Waals surface area contributed by atoms with Crippen molar-refractivity contribution in [3.8, 4) is 0 Å². The Labute approximate surface area is 131 Å². The van der Waals surface area contributed by atoms with Crippen LogP contribution >= 0.6 is 0 Å². The van der Waals surface area contributed by atoms with Crippen LogP contribution < -0.4 is 5.43 Å². The van der Waals surface area contributed by atoms with Gasteiger partial charge in [0, 0.05) is 12.3 Å². The first-order valence-electron chi connectivity index (χ1n) is 6.51. The lowest BCUT2D eigenvalue weighted by Gasteiger charge is -2.01. The lowest BCUT2D eigenvalue weighted by atomic mass is 10.2. The number of hydrogen-bond donors (Lipinski definition) is 1. The molecule has 2 aromatic rings. The predicted octanol–water partition coefficient (Wildman–Crippen LogP) is 3.61. The highest BCUT2D eigenvalue weighted by atomic mass is 16.6. The van der Waals surface area contributed by atoms with Crippen LogP contribution in [0.4, 0.5) is 17.1 Å². The molecule has 0 amide bonds. The third-order valence-electron chi connectivity index (χ3n) is 2.82. The van der Waals surface area contributed by atoms with E-state index in [9.17, 15) is 20.2 Å². The van der Waals surface area contributed by atoms with Crippen molar-refractivity contribution >= 4 is 29.4 Å². The Morgan fingerprint density at radius 1 is 1.00 bits per heavy atom. The van der Waals surface area contributed by atoms with Gasteiger partial charge in [-0.1, -0.05) is 36.4 Å². The summed E-state index contributed by atoms with van der Waals surface area (Å²) >= 11 is 0. The molecule has 1 N–H and O–H groups in total. The average Bonchev–Trinajstić information content (AvgIpc) is 2.55. The molecule has 0 fully saturated rings. The highest BCUT2D eigenvalue weighted by molar-refractivity contribution is 5.79. The van der Waals surface area contributed by atoms with E-state index in [4.69, 9.17) is 0 Å². The van der Waals surface area contributed by atoms with Gasteiger partial charge in [0.1, 0.15) is 5.69 Å². The highest BCUT2D eigenvalue weighted by Gasteiger charge is 2.18. The molecular weight excluding hydrogens is 300 g/mol. The Kier molecular flexibility index (Phi) is 5.13.